The first-order valence-electron chi connectivity index (χ1n) is 5.91. The Hall–Kier alpha value is -0.830. The lowest BCUT2D eigenvalue weighted by atomic mass is 10.0. The second-order valence-electron chi connectivity index (χ2n) is 4.10. The molecule has 0 saturated carbocycles. The van der Waals surface area contributed by atoms with Crippen LogP contribution < -0.4 is 5.32 Å². The van der Waals surface area contributed by atoms with Crippen LogP contribution in [0.2, 0.25) is 0 Å². The van der Waals surface area contributed by atoms with Crippen molar-refractivity contribution in [3.63, 3.8) is 0 Å². The molecule has 0 aromatic carbocycles. The second kappa shape index (κ2) is 5.91. The van der Waals surface area contributed by atoms with Crippen molar-refractivity contribution in [1.29, 1.82) is 0 Å². The predicted molar refractivity (Wildman–Crippen MR) is 64.0 cm³/mol. The van der Waals surface area contributed by atoms with Gasteiger partial charge in [-0.2, -0.15) is 5.10 Å². The van der Waals surface area contributed by atoms with Crippen molar-refractivity contribution in [2.45, 2.75) is 52.1 Å². The molecule has 3 heteroatoms. The molecule has 0 aliphatic carbocycles. The van der Waals surface area contributed by atoms with Gasteiger partial charge < -0.3 is 5.32 Å². The summed E-state index contributed by atoms with van der Waals surface area (Å²) in [6, 6.07) is 3.07. The zero-order valence-electron chi connectivity index (χ0n) is 10.3. The highest BCUT2D eigenvalue weighted by Gasteiger charge is 2.19. The maximum Gasteiger partial charge on any atom is 0.0669 e. The third-order valence-electron chi connectivity index (χ3n) is 2.93. The van der Waals surface area contributed by atoms with E-state index < -0.39 is 0 Å². The first kappa shape index (κ1) is 12.2. The second-order valence-corrected chi connectivity index (χ2v) is 4.10. The summed E-state index contributed by atoms with van der Waals surface area (Å²) in [7, 11) is 2.04. The average molecular weight is 209 g/mol. The summed E-state index contributed by atoms with van der Waals surface area (Å²) in [5, 5.41) is 7.91. The maximum absolute atomic E-state index is 4.51. The van der Waals surface area contributed by atoms with E-state index in [0.717, 1.165) is 12.1 Å². The molecule has 0 amide bonds. The van der Waals surface area contributed by atoms with Crippen LogP contribution in [0.4, 0.5) is 0 Å². The van der Waals surface area contributed by atoms with Gasteiger partial charge in [0.2, 0.25) is 0 Å². The van der Waals surface area contributed by atoms with Gasteiger partial charge in [0, 0.05) is 12.2 Å². The molecule has 0 aliphatic rings. The SMILES string of the molecule is CCCC(NC)C(CC)n1ccc(C)n1. The van der Waals surface area contributed by atoms with Crippen LogP contribution in [0.15, 0.2) is 12.3 Å². The number of aromatic nitrogens is 2. The molecule has 0 radical (unpaired) electrons. The molecule has 1 N–H and O–H groups in total. The molecule has 3 nitrogen and oxygen atoms in total. The van der Waals surface area contributed by atoms with Gasteiger partial charge in [0.15, 0.2) is 0 Å². The molecule has 1 heterocycles. The van der Waals surface area contributed by atoms with Crippen LogP contribution >= 0.6 is 0 Å². The zero-order valence-corrected chi connectivity index (χ0v) is 10.3. The standard InChI is InChI=1S/C12H23N3/c1-5-7-11(13-4)12(6-2)15-9-8-10(3)14-15/h8-9,11-13H,5-7H2,1-4H3. The molecular weight excluding hydrogens is 186 g/mol. The summed E-state index contributed by atoms with van der Waals surface area (Å²) in [4.78, 5) is 0. The van der Waals surface area contributed by atoms with Gasteiger partial charge in [0.05, 0.1) is 11.7 Å². The van der Waals surface area contributed by atoms with Crippen LogP contribution in [0.5, 0.6) is 0 Å². The lowest BCUT2D eigenvalue weighted by Crippen LogP contribution is -2.35. The molecule has 0 fully saturated rings. The highest BCUT2D eigenvalue weighted by molar-refractivity contribution is 4.97. The van der Waals surface area contributed by atoms with E-state index in [2.05, 4.69) is 41.2 Å². The van der Waals surface area contributed by atoms with Crippen molar-refractivity contribution in [2.24, 2.45) is 0 Å². The molecule has 1 rings (SSSR count). The average Bonchev–Trinajstić information content (AvgIpc) is 2.64. The van der Waals surface area contributed by atoms with Crippen LogP contribution in [0.25, 0.3) is 0 Å². The van der Waals surface area contributed by atoms with E-state index in [9.17, 15) is 0 Å². The molecule has 15 heavy (non-hydrogen) atoms. The number of hydrogen-bond acceptors (Lipinski definition) is 2. The smallest absolute Gasteiger partial charge is 0.0669 e. The van der Waals surface area contributed by atoms with Gasteiger partial charge in [0.1, 0.15) is 0 Å². The molecule has 0 bridgehead atoms. The molecular formula is C12H23N3. The highest BCUT2D eigenvalue weighted by atomic mass is 15.3. The van der Waals surface area contributed by atoms with E-state index in [1.807, 2.05) is 14.0 Å². The summed E-state index contributed by atoms with van der Waals surface area (Å²) < 4.78 is 2.10. The van der Waals surface area contributed by atoms with Crippen molar-refractivity contribution in [1.82, 2.24) is 15.1 Å². The first-order valence-corrected chi connectivity index (χ1v) is 5.91. The van der Waals surface area contributed by atoms with Gasteiger partial charge in [0.25, 0.3) is 0 Å². The maximum atomic E-state index is 4.51. The third kappa shape index (κ3) is 3.06. The molecule has 0 aliphatic heterocycles. The quantitative estimate of drug-likeness (QED) is 0.780. The number of likely N-dealkylation sites (N-methyl/N-ethyl adjacent to an activating group) is 1. The minimum Gasteiger partial charge on any atom is -0.315 e. The van der Waals surface area contributed by atoms with Crippen LogP contribution in [-0.2, 0) is 0 Å². The fourth-order valence-electron chi connectivity index (χ4n) is 2.11. The Bertz CT molecular complexity index is 280. The van der Waals surface area contributed by atoms with E-state index >= 15 is 0 Å². The Morgan fingerprint density at radius 1 is 1.47 bits per heavy atom. The molecule has 0 spiro atoms. The van der Waals surface area contributed by atoms with Crippen molar-refractivity contribution in [3.8, 4) is 0 Å². The number of rotatable bonds is 6. The van der Waals surface area contributed by atoms with Crippen LogP contribution in [0.1, 0.15) is 44.8 Å². The fraction of sp³-hybridized carbons (Fsp3) is 0.750. The van der Waals surface area contributed by atoms with Gasteiger partial charge in [-0.15, -0.1) is 0 Å². The van der Waals surface area contributed by atoms with Crippen LogP contribution in [0.3, 0.4) is 0 Å². The van der Waals surface area contributed by atoms with Gasteiger partial charge in [-0.25, -0.2) is 0 Å². The molecule has 1 aromatic heterocycles. The normalized spacial score (nSPS) is 15.2. The number of hydrogen-bond donors (Lipinski definition) is 1. The minimum absolute atomic E-state index is 0.476. The monoisotopic (exact) mass is 209 g/mol. The van der Waals surface area contributed by atoms with Gasteiger partial charge in [-0.05, 0) is 32.9 Å². The van der Waals surface area contributed by atoms with Crippen molar-refractivity contribution >= 4 is 0 Å². The molecule has 1 aromatic rings. The Balaban J connectivity index is 2.76. The highest BCUT2D eigenvalue weighted by Crippen LogP contribution is 2.18. The summed E-state index contributed by atoms with van der Waals surface area (Å²) in [5.41, 5.74) is 1.10. The summed E-state index contributed by atoms with van der Waals surface area (Å²) >= 11 is 0. The van der Waals surface area contributed by atoms with Crippen LogP contribution in [-0.4, -0.2) is 22.9 Å². The van der Waals surface area contributed by atoms with Crippen molar-refractivity contribution < 1.29 is 0 Å². The summed E-state index contributed by atoms with van der Waals surface area (Å²) in [6.07, 6.45) is 5.62. The van der Waals surface area contributed by atoms with E-state index in [4.69, 9.17) is 0 Å². The van der Waals surface area contributed by atoms with E-state index in [-0.39, 0.29) is 0 Å². The van der Waals surface area contributed by atoms with Gasteiger partial charge >= 0.3 is 0 Å². The zero-order chi connectivity index (χ0) is 11.3. The number of nitrogens with one attached hydrogen (secondary N) is 1. The lowest BCUT2D eigenvalue weighted by Gasteiger charge is -2.26. The lowest BCUT2D eigenvalue weighted by molar-refractivity contribution is 0.313. The Kier molecular flexibility index (Phi) is 4.82. The Labute approximate surface area is 92.9 Å². The minimum atomic E-state index is 0.476. The largest absolute Gasteiger partial charge is 0.315 e. The molecule has 2 unspecified atom stereocenters. The predicted octanol–water partition coefficient (Wildman–Crippen LogP) is 2.53. The fourth-order valence-corrected chi connectivity index (χ4v) is 2.11. The number of aryl methyl sites for hydroxylation is 1. The van der Waals surface area contributed by atoms with Crippen molar-refractivity contribution in [2.75, 3.05) is 7.05 Å². The molecule has 0 saturated heterocycles. The van der Waals surface area contributed by atoms with E-state index in [1.54, 1.807) is 0 Å². The van der Waals surface area contributed by atoms with E-state index in [0.29, 0.717) is 12.1 Å². The van der Waals surface area contributed by atoms with Crippen molar-refractivity contribution in [3.05, 3.63) is 18.0 Å². The Morgan fingerprint density at radius 2 is 2.20 bits per heavy atom. The topological polar surface area (TPSA) is 29.9 Å². The van der Waals surface area contributed by atoms with Gasteiger partial charge in [-0.1, -0.05) is 20.3 Å². The molecule has 86 valence electrons. The van der Waals surface area contributed by atoms with Crippen LogP contribution in [0, 0.1) is 6.92 Å². The molecule has 2 atom stereocenters. The summed E-state index contributed by atoms with van der Waals surface area (Å²) in [5.74, 6) is 0. The Morgan fingerprint density at radius 3 is 2.60 bits per heavy atom. The summed E-state index contributed by atoms with van der Waals surface area (Å²) in [6.45, 7) is 6.49. The number of nitrogens with zero attached hydrogens (tertiary/aromatic N) is 2. The van der Waals surface area contributed by atoms with E-state index in [1.165, 1.54) is 12.8 Å². The third-order valence-corrected chi connectivity index (χ3v) is 2.93. The first-order chi connectivity index (χ1) is 7.22. The van der Waals surface area contributed by atoms with Gasteiger partial charge in [-0.3, -0.25) is 4.68 Å².